The number of rotatable bonds is 4. The molecule has 2 aliphatic heterocycles. The average molecular weight is 483 g/mol. The van der Waals surface area contributed by atoms with Crippen molar-refractivity contribution in [3.05, 3.63) is 75.7 Å². The van der Waals surface area contributed by atoms with Crippen molar-refractivity contribution < 1.29 is 0 Å². The van der Waals surface area contributed by atoms with Crippen LogP contribution in [0.1, 0.15) is 42.9 Å². The standard InChI is InChI=1S/C25H27ClN4S2/c1-16-12-17(2)15-29(14-16)21-9-8-18(13-19(21)26)30-24(22-7-5-11-32-22)23(28-25(30)31)20-6-3-4-10-27-20/h3-11,13,16-17,23-24H,12,14-15H2,1-2H3,(H,28,31)/t16-,17-,23+,24+/m1/s1. The van der Waals surface area contributed by atoms with Gasteiger partial charge in [-0.3, -0.25) is 4.98 Å². The summed E-state index contributed by atoms with van der Waals surface area (Å²) in [6, 6.07) is 16.6. The Bertz CT molecular complexity index is 1080. The first kappa shape index (κ1) is 21.7. The van der Waals surface area contributed by atoms with Crippen LogP contribution in [0.2, 0.25) is 5.02 Å². The Labute approximate surface area is 204 Å². The van der Waals surface area contributed by atoms with Gasteiger partial charge in [-0.1, -0.05) is 37.6 Å². The molecule has 1 aromatic carbocycles. The fraction of sp³-hybridized carbons (Fsp3) is 0.360. The van der Waals surface area contributed by atoms with E-state index in [4.69, 9.17) is 23.8 Å². The minimum absolute atomic E-state index is 0.0225. The lowest BCUT2D eigenvalue weighted by Gasteiger charge is -2.37. The highest BCUT2D eigenvalue weighted by molar-refractivity contribution is 7.80. The van der Waals surface area contributed by atoms with Crippen molar-refractivity contribution in [2.24, 2.45) is 11.8 Å². The SMILES string of the molecule is C[C@@H]1C[C@@H](C)CN(c2ccc(N3C(=S)N[C@@H](c4ccccn4)[C@@H]3c3cccs3)cc2Cl)C1. The maximum atomic E-state index is 6.87. The van der Waals surface area contributed by atoms with E-state index >= 15 is 0 Å². The molecular formula is C25H27ClN4S2. The van der Waals surface area contributed by atoms with E-state index in [-0.39, 0.29) is 12.1 Å². The predicted molar refractivity (Wildman–Crippen MR) is 139 cm³/mol. The molecule has 2 fully saturated rings. The summed E-state index contributed by atoms with van der Waals surface area (Å²) in [5.74, 6) is 1.35. The number of benzene rings is 1. The Morgan fingerprint density at radius 1 is 1.09 bits per heavy atom. The molecule has 0 aliphatic carbocycles. The van der Waals surface area contributed by atoms with Crippen LogP contribution in [0.3, 0.4) is 0 Å². The van der Waals surface area contributed by atoms with E-state index in [1.165, 1.54) is 11.3 Å². The Balaban J connectivity index is 1.50. The number of hydrogen-bond acceptors (Lipinski definition) is 4. The number of nitrogens with zero attached hydrogens (tertiary/aromatic N) is 3. The molecule has 0 amide bonds. The van der Waals surface area contributed by atoms with E-state index in [9.17, 15) is 0 Å². The largest absolute Gasteiger partial charge is 0.370 e. The second kappa shape index (κ2) is 9.00. The van der Waals surface area contributed by atoms with Crippen molar-refractivity contribution in [2.75, 3.05) is 22.9 Å². The summed E-state index contributed by atoms with van der Waals surface area (Å²) in [5, 5.41) is 7.10. The van der Waals surface area contributed by atoms with Crippen LogP contribution < -0.4 is 15.1 Å². The first-order valence-electron chi connectivity index (χ1n) is 11.1. The normalized spacial score (nSPS) is 25.8. The zero-order chi connectivity index (χ0) is 22.2. The lowest BCUT2D eigenvalue weighted by molar-refractivity contribution is 0.357. The van der Waals surface area contributed by atoms with Crippen molar-refractivity contribution in [3.8, 4) is 0 Å². The molecule has 32 heavy (non-hydrogen) atoms. The second-order valence-electron chi connectivity index (χ2n) is 9.00. The zero-order valence-corrected chi connectivity index (χ0v) is 20.6. The molecule has 166 valence electrons. The molecular weight excluding hydrogens is 456 g/mol. The third kappa shape index (κ3) is 4.12. The van der Waals surface area contributed by atoms with Crippen molar-refractivity contribution in [1.29, 1.82) is 0 Å². The highest BCUT2D eigenvalue weighted by Crippen LogP contribution is 2.44. The smallest absolute Gasteiger partial charge is 0.174 e. The van der Waals surface area contributed by atoms with Crippen LogP contribution in [0.25, 0.3) is 0 Å². The fourth-order valence-electron chi connectivity index (χ4n) is 5.14. The van der Waals surface area contributed by atoms with Gasteiger partial charge in [0.25, 0.3) is 0 Å². The molecule has 4 nitrogen and oxygen atoms in total. The van der Waals surface area contributed by atoms with E-state index in [2.05, 4.69) is 75.7 Å². The number of aromatic nitrogens is 1. The van der Waals surface area contributed by atoms with Crippen LogP contribution in [0.4, 0.5) is 11.4 Å². The van der Waals surface area contributed by atoms with Gasteiger partial charge in [0.1, 0.15) is 0 Å². The maximum absolute atomic E-state index is 6.87. The topological polar surface area (TPSA) is 31.4 Å². The molecule has 0 radical (unpaired) electrons. The van der Waals surface area contributed by atoms with E-state index in [0.717, 1.165) is 35.2 Å². The molecule has 7 heteroatoms. The monoisotopic (exact) mass is 482 g/mol. The van der Waals surface area contributed by atoms with Gasteiger partial charge in [0.2, 0.25) is 0 Å². The zero-order valence-electron chi connectivity index (χ0n) is 18.2. The van der Waals surface area contributed by atoms with Crippen molar-refractivity contribution in [2.45, 2.75) is 32.4 Å². The molecule has 4 heterocycles. The lowest BCUT2D eigenvalue weighted by atomic mass is 9.91. The van der Waals surface area contributed by atoms with E-state index in [1.807, 2.05) is 18.3 Å². The minimum atomic E-state index is -0.0235. The molecule has 1 N–H and O–H groups in total. The van der Waals surface area contributed by atoms with Gasteiger partial charge in [-0.2, -0.15) is 0 Å². The summed E-state index contributed by atoms with van der Waals surface area (Å²) >= 11 is 14.4. The summed E-state index contributed by atoms with van der Waals surface area (Å²) in [6.45, 7) is 6.74. The summed E-state index contributed by atoms with van der Waals surface area (Å²) in [4.78, 5) is 10.5. The Kier molecular flexibility index (Phi) is 6.10. The van der Waals surface area contributed by atoms with E-state index in [1.54, 1.807) is 11.3 Å². The van der Waals surface area contributed by atoms with E-state index < -0.39 is 0 Å². The summed E-state index contributed by atoms with van der Waals surface area (Å²) in [7, 11) is 0. The number of halogens is 1. The molecule has 4 atom stereocenters. The van der Waals surface area contributed by atoms with Crippen LogP contribution in [-0.4, -0.2) is 23.2 Å². The molecule has 0 bridgehead atoms. The number of piperidine rings is 1. The average Bonchev–Trinajstić information content (AvgIpc) is 3.41. The third-order valence-corrected chi connectivity index (χ3v) is 7.91. The molecule has 2 saturated heterocycles. The maximum Gasteiger partial charge on any atom is 0.174 e. The van der Waals surface area contributed by atoms with Gasteiger partial charge < -0.3 is 15.1 Å². The van der Waals surface area contributed by atoms with E-state index in [0.29, 0.717) is 16.9 Å². The second-order valence-corrected chi connectivity index (χ2v) is 10.8. The molecule has 2 aromatic heterocycles. The lowest BCUT2D eigenvalue weighted by Crippen LogP contribution is -2.38. The van der Waals surface area contributed by atoms with Crippen molar-refractivity contribution in [1.82, 2.24) is 10.3 Å². The third-order valence-electron chi connectivity index (χ3n) is 6.35. The van der Waals surface area contributed by atoms with Gasteiger partial charge in [-0.25, -0.2) is 0 Å². The van der Waals surface area contributed by atoms with Gasteiger partial charge >= 0.3 is 0 Å². The van der Waals surface area contributed by atoms with Crippen LogP contribution in [0.15, 0.2) is 60.1 Å². The summed E-state index contributed by atoms with van der Waals surface area (Å²) in [6.07, 6.45) is 3.11. The predicted octanol–water partition coefficient (Wildman–Crippen LogP) is 6.46. The first-order chi connectivity index (χ1) is 15.5. The van der Waals surface area contributed by atoms with Gasteiger partial charge in [0.15, 0.2) is 5.11 Å². The molecule has 0 spiro atoms. The number of thiophene rings is 1. The van der Waals surface area contributed by atoms with Gasteiger partial charge in [0, 0.05) is 29.9 Å². The van der Waals surface area contributed by atoms with Crippen LogP contribution >= 0.6 is 35.2 Å². The minimum Gasteiger partial charge on any atom is -0.370 e. The fourth-order valence-corrected chi connectivity index (χ4v) is 6.64. The number of anilines is 2. The van der Waals surface area contributed by atoms with Gasteiger partial charge in [-0.15, -0.1) is 11.3 Å². The van der Waals surface area contributed by atoms with Gasteiger partial charge in [-0.05, 0) is 72.3 Å². The number of pyridine rings is 1. The molecule has 5 rings (SSSR count). The highest BCUT2D eigenvalue weighted by Gasteiger charge is 2.41. The van der Waals surface area contributed by atoms with Crippen molar-refractivity contribution >= 4 is 51.6 Å². The molecule has 3 aromatic rings. The summed E-state index contributed by atoms with van der Waals surface area (Å²) in [5.41, 5.74) is 3.10. The summed E-state index contributed by atoms with van der Waals surface area (Å²) < 4.78 is 0. The van der Waals surface area contributed by atoms with Gasteiger partial charge in [0.05, 0.1) is 28.5 Å². The number of nitrogens with one attached hydrogen (secondary N) is 1. The first-order valence-corrected chi connectivity index (χ1v) is 12.8. The highest BCUT2D eigenvalue weighted by atomic mass is 35.5. The molecule has 2 aliphatic rings. The van der Waals surface area contributed by atoms with Crippen molar-refractivity contribution in [3.63, 3.8) is 0 Å². The van der Waals surface area contributed by atoms with Crippen LogP contribution in [0, 0.1) is 11.8 Å². The quantitative estimate of drug-likeness (QED) is 0.431. The Hall–Kier alpha value is -2.15. The molecule has 0 unspecified atom stereocenters. The number of hydrogen-bond donors (Lipinski definition) is 1. The van der Waals surface area contributed by atoms with Crippen LogP contribution in [-0.2, 0) is 0 Å². The molecule has 0 saturated carbocycles. The number of thiocarbonyl (C=S) groups is 1. The Morgan fingerprint density at radius 3 is 2.56 bits per heavy atom. The van der Waals surface area contributed by atoms with Crippen LogP contribution in [0.5, 0.6) is 0 Å². The Morgan fingerprint density at radius 2 is 1.91 bits per heavy atom.